The molecule has 1 heterocycles. The van der Waals surface area contributed by atoms with E-state index < -0.39 is 0 Å². The number of para-hydroxylation sites is 1. The zero-order chi connectivity index (χ0) is 8.55. The van der Waals surface area contributed by atoms with Gasteiger partial charge in [-0.3, -0.25) is 0 Å². The lowest BCUT2D eigenvalue weighted by atomic mass is 10.2. The maximum Gasteiger partial charge on any atom is 0.0889 e. The van der Waals surface area contributed by atoms with Crippen molar-refractivity contribution in [2.45, 2.75) is 0 Å². The van der Waals surface area contributed by atoms with Crippen LogP contribution >= 0.6 is 0 Å². The van der Waals surface area contributed by atoms with Gasteiger partial charge in [0.1, 0.15) is 0 Å². The second-order valence-electron chi connectivity index (χ2n) is 3.04. The Labute approximate surface area is 71.8 Å². The summed E-state index contributed by atoms with van der Waals surface area (Å²) >= 11 is 0. The summed E-state index contributed by atoms with van der Waals surface area (Å²) in [5, 5.41) is 1.22. The maximum atomic E-state index is 3.11. The van der Waals surface area contributed by atoms with Crippen LogP contribution in [0.25, 0.3) is 10.9 Å². The van der Waals surface area contributed by atoms with E-state index in [-0.39, 0.29) is 0 Å². The van der Waals surface area contributed by atoms with Crippen molar-refractivity contribution in [3.63, 3.8) is 0 Å². The molecule has 2 nitrogen and oxygen atoms in total. The van der Waals surface area contributed by atoms with Gasteiger partial charge in [0, 0.05) is 25.0 Å². The predicted molar refractivity (Wildman–Crippen MR) is 51.5 cm³/mol. The third kappa shape index (κ3) is 0.961. The SMILES string of the molecule is CN(C)c1[c][nH]c2ccccc12. The van der Waals surface area contributed by atoms with E-state index in [9.17, 15) is 0 Å². The van der Waals surface area contributed by atoms with Crippen LogP contribution in [0.1, 0.15) is 0 Å². The van der Waals surface area contributed by atoms with Gasteiger partial charge < -0.3 is 9.88 Å². The highest BCUT2D eigenvalue weighted by Gasteiger charge is 2.03. The van der Waals surface area contributed by atoms with Crippen LogP contribution in [0.2, 0.25) is 0 Å². The summed E-state index contributed by atoms with van der Waals surface area (Å²) in [7, 11) is 4.04. The van der Waals surface area contributed by atoms with Crippen molar-refractivity contribution in [1.82, 2.24) is 4.98 Å². The molecule has 1 radical (unpaired) electrons. The van der Waals surface area contributed by atoms with Crippen LogP contribution in [-0.2, 0) is 0 Å². The van der Waals surface area contributed by atoms with Crippen LogP contribution in [0.4, 0.5) is 5.69 Å². The number of nitrogens with one attached hydrogen (secondary N) is 1. The molecule has 2 aromatic rings. The van der Waals surface area contributed by atoms with Gasteiger partial charge in [-0.05, 0) is 6.07 Å². The van der Waals surface area contributed by atoms with Gasteiger partial charge in [-0.25, -0.2) is 0 Å². The third-order valence-corrected chi connectivity index (χ3v) is 1.94. The number of hydrogen-bond acceptors (Lipinski definition) is 1. The molecule has 0 aliphatic carbocycles. The summed E-state index contributed by atoms with van der Waals surface area (Å²) in [4.78, 5) is 5.16. The van der Waals surface area contributed by atoms with Gasteiger partial charge in [0.2, 0.25) is 0 Å². The standard InChI is InChI=1S/C10H11N2/c1-12(2)10-7-11-9-6-4-3-5-8(9)10/h3-6,11H,1-2H3. The summed E-state index contributed by atoms with van der Waals surface area (Å²) < 4.78 is 0. The Bertz CT molecular complexity index is 387. The number of anilines is 1. The van der Waals surface area contributed by atoms with Crippen molar-refractivity contribution in [2.24, 2.45) is 0 Å². The highest BCUT2D eigenvalue weighted by molar-refractivity contribution is 5.92. The quantitative estimate of drug-likeness (QED) is 0.674. The van der Waals surface area contributed by atoms with E-state index in [1.165, 1.54) is 5.39 Å². The molecule has 0 spiro atoms. The first-order chi connectivity index (χ1) is 5.79. The Kier molecular flexibility index (Phi) is 1.54. The number of aromatic amines is 1. The van der Waals surface area contributed by atoms with Crippen molar-refractivity contribution in [1.29, 1.82) is 0 Å². The third-order valence-electron chi connectivity index (χ3n) is 1.94. The zero-order valence-electron chi connectivity index (χ0n) is 7.26. The van der Waals surface area contributed by atoms with Gasteiger partial charge in [0.25, 0.3) is 0 Å². The Morgan fingerprint density at radius 1 is 1.25 bits per heavy atom. The molecule has 0 bridgehead atoms. The van der Waals surface area contributed by atoms with E-state index >= 15 is 0 Å². The number of aromatic nitrogens is 1. The topological polar surface area (TPSA) is 19.0 Å². The molecule has 1 aromatic carbocycles. The number of hydrogen-bond donors (Lipinski definition) is 1. The van der Waals surface area contributed by atoms with Crippen LogP contribution in [0, 0.1) is 6.20 Å². The molecule has 2 rings (SSSR count). The Morgan fingerprint density at radius 2 is 2.00 bits per heavy atom. The first kappa shape index (κ1) is 7.22. The molecule has 0 atom stereocenters. The molecule has 0 fully saturated rings. The lowest BCUT2D eigenvalue weighted by Crippen LogP contribution is -2.07. The predicted octanol–water partition coefficient (Wildman–Crippen LogP) is 2.03. The van der Waals surface area contributed by atoms with Crippen LogP contribution in [-0.4, -0.2) is 19.1 Å². The normalized spacial score (nSPS) is 10.5. The Balaban J connectivity index is 2.70. The first-order valence-corrected chi connectivity index (χ1v) is 3.95. The second-order valence-corrected chi connectivity index (χ2v) is 3.04. The van der Waals surface area contributed by atoms with Crippen molar-refractivity contribution in [3.05, 3.63) is 30.5 Å². The number of H-pyrrole nitrogens is 1. The second kappa shape index (κ2) is 2.55. The van der Waals surface area contributed by atoms with Crippen molar-refractivity contribution < 1.29 is 0 Å². The number of nitrogens with zero attached hydrogens (tertiary/aromatic N) is 1. The van der Waals surface area contributed by atoms with E-state index in [4.69, 9.17) is 0 Å². The molecule has 0 amide bonds. The van der Waals surface area contributed by atoms with Gasteiger partial charge in [-0.1, -0.05) is 18.2 Å². The minimum Gasteiger partial charge on any atom is -0.375 e. The summed E-state index contributed by atoms with van der Waals surface area (Å²) in [6.45, 7) is 0. The summed E-state index contributed by atoms with van der Waals surface area (Å²) in [6.07, 6.45) is 3.11. The minimum absolute atomic E-state index is 1.12. The molecule has 2 heteroatoms. The molecule has 0 saturated heterocycles. The average molecular weight is 159 g/mol. The summed E-state index contributed by atoms with van der Waals surface area (Å²) in [5.74, 6) is 0. The molecule has 61 valence electrons. The lowest BCUT2D eigenvalue weighted by Gasteiger charge is -2.08. The highest BCUT2D eigenvalue weighted by Crippen LogP contribution is 2.23. The molecule has 0 saturated carbocycles. The maximum absolute atomic E-state index is 3.11. The minimum atomic E-state index is 1.12. The van der Waals surface area contributed by atoms with Gasteiger partial charge in [-0.2, -0.15) is 0 Å². The number of benzene rings is 1. The first-order valence-electron chi connectivity index (χ1n) is 3.95. The molecular weight excluding hydrogens is 148 g/mol. The molecule has 0 aliphatic rings. The fourth-order valence-corrected chi connectivity index (χ4v) is 1.35. The molecule has 1 N–H and O–H groups in total. The van der Waals surface area contributed by atoms with Gasteiger partial charge in [0.05, 0.1) is 11.9 Å². The largest absolute Gasteiger partial charge is 0.375 e. The molecule has 1 aromatic heterocycles. The zero-order valence-corrected chi connectivity index (χ0v) is 7.26. The van der Waals surface area contributed by atoms with Crippen molar-refractivity contribution >= 4 is 16.6 Å². The van der Waals surface area contributed by atoms with Gasteiger partial charge >= 0.3 is 0 Å². The number of rotatable bonds is 1. The van der Waals surface area contributed by atoms with E-state index in [0.29, 0.717) is 0 Å². The Morgan fingerprint density at radius 3 is 2.75 bits per heavy atom. The Hall–Kier alpha value is -1.44. The van der Waals surface area contributed by atoms with Crippen LogP contribution < -0.4 is 4.90 Å². The number of fused-ring (bicyclic) bond motifs is 1. The molecule has 0 unspecified atom stereocenters. The van der Waals surface area contributed by atoms with Crippen molar-refractivity contribution in [2.75, 3.05) is 19.0 Å². The fraction of sp³-hybridized carbons (Fsp3) is 0.200. The molecular formula is C10H11N2. The fourth-order valence-electron chi connectivity index (χ4n) is 1.35. The van der Waals surface area contributed by atoms with Crippen LogP contribution in [0.5, 0.6) is 0 Å². The molecule has 12 heavy (non-hydrogen) atoms. The van der Waals surface area contributed by atoms with E-state index in [1.54, 1.807) is 0 Å². The summed E-state index contributed by atoms with van der Waals surface area (Å²) in [6, 6.07) is 8.21. The molecule has 0 aliphatic heterocycles. The van der Waals surface area contributed by atoms with E-state index in [2.05, 4.69) is 28.2 Å². The van der Waals surface area contributed by atoms with E-state index in [0.717, 1.165) is 11.2 Å². The van der Waals surface area contributed by atoms with Crippen molar-refractivity contribution in [3.8, 4) is 0 Å². The van der Waals surface area contributed by atoms with Gasteiger partial charge in [-0.15, -0.1) is 0 Å². The lowest BCUT2D eigenvalue weighted by molar-refractivity contribution is 1.14. The highest BCUT2D eigenvalue weighted by atomic mass is 15.1. The van der Waals surface area contributed by atoms with Crippen LogP contribution in [0.15, 0.2) is 24.3 Å². The van der Waals surface area contributed by atoms with Gasteiger partial charge in [0.15, 0.2) is 0 Å². The van der Waals surface area contributed by atoms with Crippen LogP contribution in [0.3, 0.4) is 0 Å². The monoisotopic (exact) mass is 159 g/mol. The summed E-state index contributed by atoms with van der Waals surface area (Å²) in [5.41, 5.74) is 2.26. The average Bonchev–Trinajstić information content (AvgIpc) is 2.47. The van der Waals surface area contributed by atoms with E-state index in [1.807, 2.05) is 26.2 Å². The smallest absolute Gasteiger partial charge is 0.0889 e.